The summed E-state index contributed by atoms with van der Waals surface area (Å²) in [5, 5.41) is 23.2. The van der Waals surface area contributed by atoms with Crippen LogP contribution < -0.4 is 5.32 Å². The summed E-state index contributed by atoms with van der Waals surface area (Å²) in [6.45, 7) is 2.37. The molecule has 9 heteroatoms. The maximum Gasteiger partial charge on any atom is 0.293 e. The maximum absolute atomic E-state index is 12.7. The van der Waals surface area contributed by atoms with Crippen molar-refractivity contribution < 1.29 is 18.4 Å². The average Bonchev–Trinajstić information content (AvgIpc) is 2.84. The van der Waals surface area contributed by atoms with Gasteiger partial charge in [-0.05, 0) is 31.9 Å². The van der Waals surface area contributed by atoms with Gasteiger partial charge in [-0.3, -0.25) is 10.1 Å². The number of aliphatic hydroxyl groups is 1. The molecule has 1 aromatic carbocycles. The van der Waals surface area contributed by atoms with Crippen molar-refractivity contribution in [1.29, 1.82) is 0 Å². The summed E-state index contributed by atoms with van der Waals surface area (Å²) in [4.78, 5) is 10.6. The Morgan fingerprint density at radius 2 is 1.92 bits per heavy atom. The largest absolute Gasteiger partial charge is 0.394 e. The van der Waals surface area contributed by atoms with Gasteiger partial charge in [-0.1, -0.05) is 12.8 Å². The molecule has 2 rings (SSSR count). The van der Waals surface area contributed by atoms with E-state index in [-0.39, 0.29) is 28.9 Å². The van der Waals surface area contributed by atoms with Gasteiger partial charge in [-0.2, -0.15) is 4.31 Å². The van der Waals surface area contributed by atoms with Crippen LogP contribution in [0.2, 0.25) is 0 Å². The van der Waals surface area contributed by atoms with Gasteiger partial charge in [0.25, 0.3) is 5.69 Å². The number of hydrogen-bond donors (Lipinski definition) is 2. The Hall–Kier alpha value is -1.71. The molecule has 134 valence electrons. The Morgan fingerprint density at radius 1 is 1.29 bits per heavy atom. The summed E-state index contributed by atoms with van der Waals surface area (Å²) >= 11 is 0. The normalized spacial score (nSPS) is 17.9. The van der Waals surface area contributed by atoms with Crippen LogP contribution in [0.25, 0.3) is 0 Å². The minimum Gasteiger partial charge on any atom is -0.394 e. The third-order valence-electron chi connectivity index (χ3n) is 4.04. The highest BCUT2D eigenvalue weighted by Crippen LogP contribution is 2.30. The molecule has 1 saturated heterocycles. The Morgan fingerprint density at radius 3 is 2.46 bits per heavy atom. The number of nitrogens with one attached hydrogen (secondary N) is 1. The van der Waals surface area contributed by atoms with E-state index in [1.165, 1.54) is 16.4 Å². The van der Waals surface area contributed by atoms with E-state index in [9.17, 15) is 18.5 Å². The number of rotatable bonds is 6. The lowest BCUT2D eigenvalue weighted by Gasteiger charge is -2.20. The minimum absolute atomic E-state index is 0.0710. The molecule has 0 aliphatic carbocycles. The third kappa shape index (κ3) is 4.22. The molecule has 0 saturated carbocycles. The van der Waals surface area contributed by atoms with Gasteiger partial charge in [0.1, 0.15) is 5.69 Å². The average molecular weight is 357 g/mol. The summed E-state index contributed by atoms with van der Waals surface area (Å²) in [6, 6.07) is 3.47. The maximum atomic E-state index is 12.7. The fourth-order valence-corrected chi connectivity index (χ4v) is 4.22. The Bertz CT molecular complexity index is 684. The molecule has 2 N–H and O–H groups in total. The molecular weight excluding hydrogens is 334 g/mol. The molecule has 1 aromatic rings. The monoisotopic (exact) mass is 357 g/mol. The van der Waals surface area contributed by atoms with Crippen LogP contribution in [0, 0.1) is 10.1 Å². The summed E-state index contributed by atoms with van der Waals surface area (Å²) in [5.41, 5.74) is -0.123. The van der Waals surface area contributed by atoms with Crippen LogP contribution in [-0.4, -0.2) is 48.5 Å². The van der Waals surface area contributed by atoms with E-state index in [0.717, 1.165) is 31.7 Å². The molecule has 1 unspecified atom stereocenters. The number of hydrogen-bond acceptors (Lipinski definition) is 6. The zero-order chi connectivity index (χ0) is 17.7. The number of sulfonamides is 1. The van der Waals surface area contributed by atoms with Crippen molar-refractivity contribution in [3.63, 3.8) is 0 Å². The first-order chi connectivity index (χ1) is 11.4. The van der Waals surface area contributed by atoms with Crippen molar-refractivity contribution in [3.8, 4) is 0 Å². The van der Waals surface area contributed by atoms with E-state index in [1.807, 2.05) is 0 Å². The van der Waals surface area contributed by atoms with Crippen molar-refractivity contribution in [2.75, 3.05) is 25.0 Å². The highest BCUT2D eigenvalue weighted by Gasteiger charge is 2.28. The minimum atomic E-state index is -3.74. The van der Waals surface area contributed by atoms with Crippen LogP contribution in [0.15, 0.2) is 23.1 Å². The molecule has 24 heavy (non-hydrogen) atoms. The van der Waals surface area contributed by atoms with Crippen molar-refractivity contribution in [1.82, 2.24) is 4.31 Å². The number of aliphatic hydroxyl groups excluding tert-OH is 1. The van der Waals surface area contributed by atoms with Gasteiger partial charge in [-0.15, -0.1) is 0 Å². The van der Waals surface area contributed by atoms with Gasteiger partial charge < -0.3 is 10.4 Å². The molecule has 1 fully saturated rings. The second kappa shape index (κ2) is 7.91. The first kappa shape index (κ1) is 18.6. The van der Waals surface area contributed by atoms with Gasteiger partial charge in [-0.25, -0.2) is 8.42 Å². The first-order valence-electron chi connectivity index (χ1n) is 8.02. The molecule has 0 spiro atoms. The summed E-state index contributed by atoms with van der Waals surface area (Å²) in [7, 11) is -3.74. The Kier molecular flexibility index (Phi) is 6.14. The van der Waals surface area contributed by atoms with Crippen molar-refractivity contribution in [2.45, 2.75) is 43.5 Å². The Labute approximate surface area is 141 Å². The van der Waals surface area contributed by atoms with Gasteiger partial charge in [0.15, 0.2) is 0 Å². The smallest absolute Gasteiger partial charge is 0.293 e. The number of nitro benzene ring substituents is 1. The van der Waals surface area contributed by atoms with E-state index < -0.39 is 14.9 Å². The van der Waals surface area contributed by atoms with E-state index in [1.54, 1.807) is 6.92 Å². The van der Waals surface area contributed by atoms with Gasteiger partial charge in [0.2, 0.25) is 10.0 Å². The fraction of sp³-hybridized carbons (Fsp3) is 0.600. The quantitative estimate of drug-likeness (QED) is 0.594. The van der Waals surface area contributed by atoms with Crippen molar-refractivity contribution in [2.24, 2.45) is 0 Å². The highest BCUT2D eigenvalue weighted by atomic mass is 32.2. The van der Waals surface area contributed by atoms with Crippen molar-refractivity contribution in [3.05, 3.63) is 28.3 Å². The lowest BCUT2D eigenvalue weighted by atomic mass is 10.2. The van der Waals surface area contributed by atoms with E-state index in [0.29, 0.717) is 13.1 Å². The first-order valence-corrected chi connectivity index (χ1v) is 9.46. The molecule has 0 bridgehead atoms. The van der Waals surface area contributed by atoms with Crippen LogP contribution >= 0.6 is 0 Å². The lowest BCUT2D eigenvalue weighted by Crippen LogP contribution is -2.32. The predicted molar refractivity (Wildman–Crippen MR) is 90.5 cm³/mol. The lowest BCUT2D eigenvalue weighted by molar-refractivity contribution is -0.384. The third-order valence-corrected chi connectivity index (χ3v) is 5.94. The number of anilines is 1. The standard InChI is InChI=1S/C15H23N3O5S/c1-12(11-19)16-14-7-6-13(10-15(14)18(20)21)24(22,23)17-8-4-2-3-5-9-17/h6-7,10,12,16,19H,2-5,8-9,11H2,1H3. The molecular formula is C15H23N3O5S. The molecule has 0 aromatic heterocycles. The second-order valence-corrected chi connectivity index (χ2v) is 7.92. The topological polar surface area (TPSA) is 113 Å². The zero-order valence-corrected chi connectivity index (χ0v) is 14.5. The van der Waals surface area contributed by atoms with Crippen LogP contribution in [0.4, 0.5) is 11.4 Å². The van der Waals surface area contributed by atoms with E-state index in [4.69, 9.17) is 5.11 Å². The molecule has 1 heterocycles. The molecule has 1 atom stereocenters. The van der Waals surface area contributed by atoms with Crippen molar-refractivity contribution >= 4 is 21.4 Å². The zero-order valence-electron chi connectivity index (χ0n) is 13.6. The van der Waals surface area contributed by atoms with E-state index >= 15 is 0 Å². The van der Waals surface area contributed by atoms with Crippen LogP contribution in [-0.2, 0) is 10.0 Å². The summed E-state index contributed by atoms with van der Waals surface area (Å²) < 4.78 is 26.9. The number of nitro groups is 1. The van der Waals surface area contributed by atoms with Crippen LogP contribution in [0.1, 0.15) is 32.6 Å². The van der Waals surface area contributed by atoms with Gasteiger partial charge >= 0.3 is 0 Å². The Balaban J connectivity index is 2.36. The summed E-state index contributed by atoms with van der Waals surface area (Å²) in [5.74, 6) is 0. The van der Waals surface area contributed by atoms with E-state index in [2.05, 4.69) is 5.32 Å². The van der Waals surface area contributed by atoms with Crippen LogP contribution in [0.3, 0.4) is 0 Å². The summed E-state index contributed by atoms with van der Waals surface area (Å²) in [6.07, 6.45) is 3.59. The SMILES string of the molecule is CC(CO)Nc1ccc(S(=O)(=O)N2CCCCCC2)cc1[N+](=O)[O-]. The second-order valence-electron chi connectivity index (χ2n) is 5.98. The fourth-order valence-electron chi connectivity index (χ4n) is 2.69. The molecule has 1 aliphatic heterocycles. The molecule has 8 nitrogen and oxygen atoms in total. The molecule has 0 radical (unpaired) electrons. The number of nitrogens with zero attached hydrogens (tertiary/aromatic N) is 2. The van der Waals surface area contributed by atoms with Crippen LogP contribution in [0.5, 0.6) is 0 Å². The number of benzene rings is 1. The van der Waals surface area contributed by atoms with Gasteiger partial charge in [0.05, 0.1) is 16.4 Å². The highest BCUT2D eigenvalue weighted by molar-refractivity contribution is 7.89. The molecule has 0 amide bonds. The van der Waals surface area contributed by atoms with Gasteiger partial charge in [0, 0.05) is 25.2 Å². The molecule has 1 aliphatic rings. The predicted octanol–water partition coefficient (Wildman–Crippen LogP) is 1.95.